The second kappa shape index (κ2) is 21.8. The van der Waals surface area contributed by atoms with Crippen LogP contribution in [-0.4, -0.2) is 79.3 Å². The standard InChI is InChI=1S/C18H24FNO5.C18H25NO6/c1-5-11-23-17(22)24-12-14(20-16(21)25-18(2,3)4)15(19)13-9-7-6-8-10-13;1-5-11-23-17(22)24-12-14(19-16(21)25-18(2,3)4)15(20)13-9-7-6-8-10-13/h5-10,14-15H,1,11-12H2,2-4H3,(H,20,21);5-10,14-15,20H,1,11-12H2,2-4H3,(H,19,21)/t2*14-,15-/m11/s1. The molecule has 0 aliphatic carbocycles. The van der Waals surface area contributed by atoms with Crippen LogP contribution < -0.4 is 10.6 Å². The van der Waals surface area contributed by atoms with Crippen molar-refractivity contribution in [2.45, 2.75) is 77.1 Å². The van der Waals surface area contributed by atoms with Gasteiger partial charge in [-0.2, -0.15) is 0 Å². The summed E-state index contributed by atoms with van der Waals surface area (Å²) < 4.78 is 44.3. The van der Waals surface area contributed by atoms with Gasteiger partial charge in [0.05, 0.1) is 6.04 Å². The minimum atomic E-state index is -1.60. The Morgan fingerprint density at radius 1 is 0.680 bits per heavy atom. The lowest BCUT2D eigenvalue weighted by atomic mass is 10.0. The first-order chi connectivity index (χ1) is 23.5. The molecule has 0 unspecified atom stereocenters. The molecule has 0 saturated heterocycles. The van der Waals surface area contributed by atoms with Crippen LogP contribution in [0.2, 0.25) is 0 Å². The molecule has 14 heteroatoms. The van der Waals surface area contributed by atoms with E-state index in [0.29, 0.717) is 11.1 Å². The lowest BCUT2D eigenvalue weighted by Gasteiger charge is -2.26. The molecule has 3 N–H and O–H groups in total. The minimum Gasteiger partial charge on any atom is -0.444 e. The Balaban J connectivity index is 0.000000500. The fourth-order valence-corrected chi connectivity index (χ4v) is 3.73. The highest BCUT2D eigenvalue weighted by Gasteiger charge is 2.29. The zero-order chi connectivity index (χ0) is 37.7. The van der Waals surface area contributed by atoms with Crippen molar-refractivity contribution in [3.63, 3.8) is 0 Å². The molecule has 0 radical (unpaired) electrons. The lowest BCUT2D eigenvalue weighted by Crippen LogP contribution is -2.45. The lowest BCUT2D eigenvalue weighted by molar-refractivity contribution is 0.0180. The number of alkyl halides is 1. The molecule has 13 nitrogen and oxygen atoms in total. The van der Waals surface area contributed by atoms with Crippen LogP contribution in [0.3, 0.4) is 0 Å². The molecular weight excluding hydrogens is 655 g/mol. The van der Waals surface area contributed by atoms with Crippen LogP contribution in [0.25, 0.3) is 0 Å². The van der Waals surface area contributed by atoms with Gasteiger partial charge in [0.15, 0.2) is 0 Å². The predicted octanol–water partition coefficient (Wildman–Crippen LogP) is 6.88. The first-order valence-electron chi connectivity index (χ1n) is 15.7. The minimum absolute atomic E-state index is 0.00420. The summed E-state index contributed by atoms with van der Waals surface area (Å²) in [5.74, 6) is 0. The third kappa shape index (κ3) is 19.0. The maximum absolute atomic E-state index is 14.8. The van der Waals surface area contributed by atoms with Crippen LogP contribution in [0.4, 0.5) is 23.6 Å². The molecule has 2 aromatic rings. The zero-order valence-electron chi connectivity index (χ0n) is 29.4. The molecular formula is C36H49FN2O11. The molecule has 0 heterocycles. The number of aliphatic hydroxyl groups is 1. The van der Waals surface area contributed by atoms with E-state index in [1.54, 1.807) is 102 Å². The van der Waals surface area contributed by atoms with E-state index in [4.69, 9.17) is 23.7 Å². The third-order valence-corrected chi connectivity index (χ3v) is 5.80. The average molecular weight is 705 g/mol. The van der Waals surface area contributed by atoms with Crippen LogP contribution in [0.15, 0.2) is 86.0 Å². The fourth-order valence-electron chi connectivity index (χ4n) is 3.73. The molecule has 0 aromatic heterocycles. The number of nitrogens with one attached hydrogen (secondary N) is 2. The number of carbonyl (C=O) groups is 4. The highest BCUT2D eigenvalue weighted by molar-refractivity contribution is 5.69. The number of carbonyl (C=O) groups excluding carboxylic acids is 4. The van der Waals surface area contributed by atoms with Crippen molar-refractivity contribution < 1.29 is 57.1 Å². The van der Waals surface area contributed by atoms with Crippen molar-refractivity contribution in [2.24, 2.45) is 0 Å². The van der Waals surface area contributed by atoms with Crippen molar-refractivity contribution >= 4 is 24.5 Å². The largest absolute Gasteiger partial charge is 0.508 e. The topological polar surface area (TPSA) is 168 Å². The molecule has 0 saturated carbocycles. The molecule has 0 aliphatic rings. The number of aliphatic hydroxyl groups excluding tert-OH is 1. The van der Waals surface area contributed by atoms with Crippen molar-refractivity contribution in [3.8, 4) is 0 Å². The molecule has 0 aliphatic heterocycles. The second-order valence-corrected chi connectivity index (χ2v) is 12.5. The Kier molecular flexibility index (Phi) is 18.7. The van der Waals surface area contributed by atoms with E-state index in [-0.39, 0.29) is 19.8 Å². The normalized spacial score (nSPS) is 13.3. The van der Waals surface area contributed by atoms with Crippen molar-refractivity contribution in [1.29, 1.82) is 0 Å². The van der Waals surface area contributed by atoms with Gasteiger partial charge in [0.25, 0.3) is 0 Å². The van der Waals surface area contributed by atoms with Gasteiger partial charge in [-0.3, -0.25) is 0 Å². The summed E-state index contributed by atoms with van der Waals surface area (Å²) >= 11 is 0. The number of ether oxygens (including phenoxy) is 6. The number of hydrogen-bond acceptors (Lipinski definition) is 11. The van der Waals surface area contributed by atoms with E-state index in [9.17, 15) is 28.7 Å². The van der Waals surface area contributed by atoms with Gasteiger partial charge in [-0.15, -0.1) is 0 Å². The van der Waals surface area contributed by atoms with Gasteiger partial charge in [-0.25, -0.2) is 23.6 Å². The van der Waals surface area contributed by atoms with E-state index in [0.717, 1.165) is 0 Å². The van der Waals surface area contributed by atoms with Crippen molar-refractivity contribution in [2.75, 3.05) is 26.4 Å². The molecule has 0 bridgehead atoms. The molecule has 0 fully saturated rings. The number of alkyl carbamates (subject to hydrolysis) is 2. The summed E-state index contributed by atoms with van der Waals surface area (Å²) in [4.78, 5) is 46.8. The molecule has 0 spiro atoms. The fraction of sp³-hybridized carbons (Fsp3) is 0.444. The Morgan fingerprint density at radius 2 is 1.06 bits per heavy atom. The summed E-state index contributed by atoms with van der Waals surface area (Å²) in [7, 11) is 0. The zero-order valence-corrected chi connectivity index (χ0v) is 29.4. The van der Waals surface area contributed by atoms with E-state index >= 15 is 0 Å². The number of hydrogen-bond donors (Lipinski definition) is 3. The van der Waals surface area contributed by atoms with Gasteiger partial charge >= 0.3 is 24.5 Å². The molecule has 2 rings (SSSR count). The summed E-state index contributed by atoms with van der Waals surface area (Å²) in [5, 5.41) is 15.4. The summed E-state index contributed by atoms with van der Waals surface area (Å²) in [6.07, 6.45) is -3.35. The molecule has 50 heavy (non-hydrogen) atoms. The highest BCUT2D eigenvalue weighted by Crippen LogP contribution is 2.22. The molecule has 2 amide bonds. The predicted molar refractivity (Wildman–Crippen MR) is 183 cm³/mol. The van der Waals surface area contributed by atoms with E-state index in [1.165, 1.54) is 12.2 Å². The van der Waals surface area contributed by atoms with Crippen molar-refractivity contribution in [3.05, 3.63) is 97.1 Å². The van der Waals surface area contributed by atoms with E-state index < -0.39 is 66.7 Å². The van der Waals surface area contributed by atoms with Crippen LogP contribution >= 0.6 is 0 Å². The number of amides is 2. The monoisotopic (exact) mass is 704 g/mol. The van der Waals surface area contributed by atoms with Crippen LogP contribution in [0.1, 0.15) is 64.9 Å². The maximum Gasteiger partial charge on any atom is 0.508 e. The number of rotatable bonds is 14. The molecule has 276 valence electrons. The first kappa shape index (κ1) is 42.9. The van der Waals surface area contributed by atoms with Gasteiger partial charge in [-0.1, -0.05) is 86.0 Å². The summed E-state index contributed by atoms with van der Waals surface area (Å²) in [5.41, 5.74) is -0.536. The SMILES string of the molecule is C=CCOC(=O)OC[C@@H](NC(=O)OC(C)(C)C)[C@H](F)c1ccccc1.C=CCOC(=O)OC[C@@H](NC(=O)OC(C)(C)C)[C@H](O)c1ccccc1. The van der Waals surface area contributed by atoms with Crippen LogP contribution in [0, 0.1) is 0 Å². The van der Waals surface area contributed by atoms with Crippen LogP contribution in [0.5, 0.6) is 0 Å². The highest BCUT2D eigenvalue weighted by atomic mass is 19.1. The van der Waals surface area contributed by atoms with Crippen LogP contribution in [-0.2, 0) is 28.4 Å². The Morgan fingerprint density at radius 3 is 1.46 bits per heavy atom. The molecule has 2 aromatic carbocycles. The average Bonchev–Trinajstić information content (AvgIpc) is 3.05. The summed E-state index contributed by atoms with van der Waals surface area (Å²) in [6, 6.07) is 14.9. The van der Waals surface area contributed by atoms with Gasteiger partial charge < -0.3 is 44.2 Å². The smallest absolute Gasteiger partial charge is 0.444 e. The van der Waals surface area contributed by atoms with E-state index in [2.05, 4.69) is 28.5 Å². The van der Waals surface area contributed by atoms with Gasteiger partial charge in [-0.05, 0) is 52.7 Å². The maximum atomic E-state index is 14.8. The second-order valence-electron chi connectivity index (χ2n) is 12.5. The molecule has 4 atom stereocenters. The first-order valence-corrected chi connectivity index (χ1v) is 15.7. The summed E-state index contributed by atoms with van der Waals surface area (Å²) in [6.45, 7) is 16.3. The quantitative estimate of drug-likeness (QED) is 0.106. The number of halogens is 1. The number of benzene rings is 2. The Bertz CT molecular complexity index is 1240. The van der Waals surface area contributed by atoms with Gasteiger partial charge in [0.1, 0.15) is 55.9 Å². The van der Waals surface area contributed by atoms with Crippen molar-refractivity contribution in [1.82, 2.24) is 10.6 Å². The van der Waals surface area contributed by atoms with E-state index in [1.807, 2.05) is 0 Å². The Hall–Kier alpha value is -5.11. The van der Waals surface area contributed by atoms with Gasteiger partial charge in [0, 0.05) is 0 Å². The van der Waals surface area contributed by atoms with Gasteiger partial charge in [0.2, 0.25) is 0 Å². The Labute approximate surface area is 292 Å². The third-order valence-electron chi connectivity index (χ3n) is 5.80.